The number of carboxylic acids is 1. The van der Waals surface area contributed by atoms with Gasteiger partial charge in [-0.2, -0.15) is 0 Å². The van der Waals surface area contributed by atoms with Gasteiger partial charge in [0, 0.05) is 0 Å². The van der Waals surface area contributed by atoms with Crippen molar-refractivity contribution in [3.05, 3.63) is 12.3 Å². The Morgan fingerprint density at radius 1 is 1.50 bits per heavy atom. The van der Waals surface area contributed by atoms with E-state index in [1.807, 2.05) is 27.3 Å². The summed E-state index contributed by atoms with van der Waals surface area (Å²) in [5, 5.41) is 8.25. The molecule has 1 N–H and O–H groups in total. The number of hydrogen-bond acceptors (Lipinski definition) is 1. The number of carboxylic acid groups (broad SMARTS) is 1. The van der Waals surface area contributed by atoms with Crippen LogP contribution < -0.4 is 0 Å². The largest absolute Gasteiger partial charge is 0.481 e. The molecule has 0 amide bonds. The summed E-state index contributed by atoms with van der Waals surface area (Å²) in [5.74, 6) is -0.787. The predicted octanol–water partition coefficient (Wildman–Crippen LogP) is 0.681. The highest BCUT2D eigenvalue weighted by Gasteiger charge is 1.99. The van der Waals surface area contributed by atoms with E-state index < -0.39 is 5.97 Å². The highest BCUT2D eigenvalue weighted by Crippen LogP contribution is 1.92. The fraction of sp³-hybridized carbons (Fsp3) is 0.571. The average molecular weight is 144 g/mol. The van der Waals surface area contributed by atoms with Crippen molar-refractivity contribution < 1.29 is 14.4 Å². The second-order valence-electron chi connectivity index (χ2n) is 3.10. The van der Waals surface area contributed by atoms with Gasteiger partial charge in [0.15, 0.2) is 0 Å². The van der Waals surface area contributed by atoms with Crippen molar-refractivity contribution in [1.29, 1.82) is 0 Å². The first-order chi connectivity index (χ1) is 4.42. The van der Waals surface area contributed by atoms with Gasteiger partial charge >= 0.3 is 5.97 Å². The van der Waals surface area contributed by atoms with Gasteiger partial charge in [-0.3, -0.25) is 4.79 Å². The zero-order chi connectivity index (χ0) is 8.20. The Morgan fingerprint density at radius 2 is 2.00 bits per heavy atom. The van der Waals surface area contributed by atoms with Crippen LogP contribution >= 0.6 is 0 Å². The maximum absolute atomic E-state index is 10.0. The molecule has 3 heteroatoms. The first-order valence-corrected chi connectivity index (χ1v) is 3.12. The Morgan fingerprint density at radius 3 is 2.30 bits per heavy atom. The van der Waals surface area contributed by atoms with Crippen molar-refractivity contribution >= 4 is 5.97 Å². The van der Waals surface area contributed by atoms with E-state index >= 15 is 0 Å². The lowest BCUT2D eigenvalue weighted by Crippen LogP contribution is -2.26. The minimum absolute atomic E-state index is 0.107. The van der Waals surface area contributed by atoms with E-state index in [1.54, 1.807) is 6.08 Å². The van der Waals surface area contributed by atoms with Gasteiger partial charge in [0.2, 0.25) is 0 Å². The second-order valence-corrected chi connectivity index (χ2v) is 3.10. The molecule has 0 aliphatic carbocycles. The number of quaternary nitrogens is 1. The maximum atomic E-state index is 10.0. The van der Waals surface area contributed by atoms with Crippen molar-refractivity contribution in [2.75, 3.05) is 21.1 Å². The summed E-state index contributed by atoms with van der Waals surface area (Å²) >= 11 is 0. The Hall–Kier alpha value is -0.830. The van der Waals surface area contributed by atoms with Crippen molar-refractivity contribution in [2.24, 2.45) is 0 Å². The first-order valence-electron chi connectivity index (χ1n) is 3.12. The minimum Gasteiger partial charge on any atom is -0.481 e. The predicted molar refractivity (Wildman–Crippen MR) is 39.4 cm³/mol. The van der Waals surface area contributed by atoms with Crippen LogP contribution in [0.5, 0.6) is 0 Å². The number of carbonyl (C=O) groups is 1. The van der Waals surface area contributed by atoms with Gasteiger partial charge in [0.1, 0.15) is 0 Å². The molecule has 0 aromatic rings. The third kappa shape index (κ3) is 7.17. The number of nitrogens with zero attached hydrogens (tertiary/aromatic N) is 1. The van der Waals surface area contributed by atoms with Gasteiger partial charge in [-0.1, -0.05) is 0 Å². The van der Waals surface area contributed by atoms with Crippen LogP contribution in [0.3, 0.4) is 0 Å². The summed E-state index contributed by atoms with van der Waals surface area (Å²) < 4.78 is 0.660. The molecular formula is C7H14NO2+. The minimum atomic E-state index is -0.787. The third-order valence-electron chi connectivity index (χ3n) is 0.845. The average Bonchev–Trinajstić information content (AvgIpc) is 1.59. The molecule has 0 fully saturated rings. The van der Waals surface area contributed by atoms with Crippen LogP contribution in [0.1, 0.15) is 6.42 Å². The first kappa shape index (κ1) is 9.17. The molecule has 0 unspecified atom stereocenters. The number of rotatable bonds is 3. The van der Waals surface area contributed by atoms with Crippen molar-refractivity contribution in [3.63, 3.8) is 0 Å². The van der Waals surface area contributed by atoms with Gasteiger partial charge in [-0.25, -0.2) is 0 Å². The molecule has 10 heavy (non-hydrogen) atoms. The van der Waals surface area contributed by atoms with Crippen LogP contribution in [-0.2, 0) is 4.79 Å². The number of aliphatic carboxylic acids is 1. The molecule has 0 rings (SSSR count). The van der Waals surface area contributed by atoms with E-state index in [2.05, 4.69) is 0 Å². The summed E-state index contributed by atoms with van der Waals surface area (Å²) in [7, 11) is 5.91. The van der Waals surface area contributed by atoms with Crippen LogP contribution in [0.2, 0.25) is 0 Å². The van der Waals surface area contributed by atoms with Crippen molar-refractivity contribution in [3.8, 4) is 0 Å². The van der Waals surface area contributed by atoms with Crippen LogP contribution in [0.25, 0.3) is 0 Å². The van der Waals surface area contributed by atoms with Gasteiger partial charge in [0.25, 0.3) is 0 Å². The fourth-order valence-electron chi connectivity index (χ4n) is 0.470. The summed E-state index contributed by atoms with van der Waals surface area (Å²) in [4.78, 5) is 10.0. The van der Waals surface area contributed by atoms with E-state index in [4.69, 9.17) is 5.11 Å². The van der Waals surface area contributed by atoms with E-state index in [0.29, 0.717) is 4.48 Å². The summed E-state index contributed by atoms with van der Waals surface area (Å²) in [6.07, 6.45) is 3.60. The van der Waals surface area contributed by atoms with E-state index in [-0.39, 0.29) is 6.42 Å². The SMILES string of the molecule is C[N+](C)(C)/C=C/CC(=O)O. The van der Waals surface area contributed by atoms with Gasteiger partial charge in [0.05, 0.1) is 33.8 Å². The molecule has 0 aromatic heterocycles. The highest BCUT2D eigenvalue weighted by atomic mass is 16.4. The van der Waals surface area contributed by atoms with Crippen LogP contribution in [-0.4, -0.2) is 36.7 Å². The molecule has 0 aliphatic heterocycles. The summed E-state index contributed by atoms with van der Waals surface area (Å²) in [6.45, 7) is 0. The Kier molecular flexibility index (Phi) is 3.09. The van der Waals surface area contributed by atoms with Gasteiger partial charge in [-0.05, 0) is 6.08 Å². The molecule has 3 nitrogen and oxygen atoms in total. The summed E-state index contributed by atoms with van der Waals surface area (Å²) in [6, 6.07) is 0. The molecule has 0 saturated heterocycles. The van der Waals surface area contributed by atoms with Crippen LogP contribution in [0.15, 0.2) is 12.3 Å². The molecular weight excluding hydrogens is 130 g/mol. The smallest absolute Gasteiger partial charge is 0.307 e. The van der Waals surface area contributed by atoms with Crippen LogP contribution in [0.4, 0.5) is 0 Å². The van der Waals surface area contributed by atoms with Gasteiger partial charge < -0.3 is 9.59 Å². The zero-order valence-electron chi connectivity index (χ0n) is 6.66. The Bertz CT molecular complexity index is 144. The topological polar surface area (TPSA) is 37.3 Å². The van der Waals surface area contributed by atoms with Gasteiger partial charge in [-0.15, -0.1) is 0 Å². The normalized spacial score (nSPS) is 12.3. The third-order valence-corrected chi connectivity index (χ3v) is 0.845. The molecule has 58 valence electrons. The van der Waals surface area contributed by atoms with Crippen molar-refractivity contribution in [1.82, 2.24) is 0 Å². The monoisotopic (exact) mass is 144 g/mol. The molecule has 0 atom stereocenters. The fourth-order valence-corrected chi connectivity index (χ4v) is 0.470. The molecule has 0 heterocycles. The molecule has 0 aliphatic rings. The summed E-state index contributed by atoms with van der Waals surface area (Å²) in [5.41, 5.74) is 0. The lowest BCUT2D eigenvalue weighted by Gasteiger charge is -2.16. The molecule has 0 radical (unpaired) electrons. The lowest BCUT2D eigenvalue weighted by atomic mass is 10.4. The molecule has 0 bridgehead atoms. The maximum Gasteiger partial charge on any atom is 0.307 e. The molecule has 0 aromatic carbocycles. The van der Waals surface area contributed by atoms with Crippen LogP contribution in [0, 0.1) is 0 Å². The standard InChI is InChI=1S/C7H13NO2/c1-8(2,3)6-4-5-7(9)10/h4,6H,5H2,1-3H3/p+1/b6-4+. The molecule has 0 saturated carbocycles. The lowest BCUT2D eigenvalue weighted by molar-refractivity contribution is -0.817. The van der Waals surface area contributed by atoms with E-state index in [0.717, 1.165) is 0 Å². The van der Waals surface area contributed by atoms with E-state index in [1.165, 1.54) is 0 Å². The Balaban J connectivity index is 3.67. The van der Waals surface area contributed by atoms with Crippen molar-refractivity contribution in [2.45, 2.75) is 6.42 Å². The second kappa shape index (κ2) is 3.37. The zero-order valence-corrected chi connectivity index (χ0v) is 6.66. The quantitative estimate of drug-likeness (QED) is 0.591. The number of hydrogen-bond donors (Lipinski definition) is 1. The van der Waals surface area contributed by atoms with E-state index in [9.17, 15) is 4.79 Å². The highest BCUT2D eigenvalue weighted by molar-refractivity contribution is 5.68. The Labute approximate surface area is 61.2 Å². The molecule has 0 spiro atoms.